The Labute approximate surface area is 322 Å². The normalized spacial score (nSPS) is 14.3. The second-order valence-corrected chi connectivity index (χ2v) is 14.1. The molecule has 1 amide bonds. The van der Waals surface area contributed by atoms with Gasteiger partial charge in [0.15, 0.2) is 0 Å². The average Bonchev–Trinajstić information content (AvgIpc) is 3.19. The van der Waals surface area contributed by atoms with Crippen LogP contribution in [0.15, 0.2) is 84.9 Å². The fourth-order valence-corrected chi connectivity index (χ4v) is 5.97. The molecule has 2 aliphatic heterocycles. The number of carbonyl (C=O) groups is 1. The van der Waals surface area contributed by atoms with Gasteiger partial charge in [-0.15, -0.1) is 0 Å². The maximum absolute atomic E-state index is 14.7. The van der Waals surface area contributed by atoms with Crippen LogP contribution in [0, 0.1) is 40.1 Å². The molecule has 2 aliphatic rings. The molecule has 0 unspecified atom stereocenters. The molecule has 0 spiro atoms. The third-order valence-electron chi connectivity index (χ3n) is 8.90. The highest BCUT2D eigenvalue weighted by molar-refractivity contribution is 5.74. The third kappa shape index (κ3) is 12.1. The fourth-order valence-electron chi connectivity index (χ4n) is 5.97. The molecule has 2 heterocycles. The number of benzene rings is 4. The largest absolute Gasteiger partial charge is 0.444 e. The lowest BCUT2D eigenvalue weighted by atomic mass is 10.1. The van der Waals surface area contributed by atoms with E-state index in [2.05, 4.69) is 16.3 Å². The van der Waals surface area contributed by atoms with Crippen molar-refractivity contribution in [2.75, 3.05) is 74.5 Å². The lowest BCUT2D eigenvalue weighted by Crippen LogP contribution is -2.50. The first-order valence-corrected chi connectivity index (χ1v) is 18.1. The maximum Gasteiger partial charge on any atom is 0.410 e. The minimum Gasteiger partial charge on any atom is -0.444 e. The van der Waals surface area contributed by atoms with E-state index in [0.717, 1.165) is 30.8 Å². The van der Waals surface area contributed by atoms with Crippen molar-refractivity contribution in [2.24, 2.45) is 5.73 Å². The summed E-state index contributed by atoms with van der Waals surface area (Å²) in [7, 11) is 1.98. The molecular weight excluding hydrogens is 706 g/mol. The maximum atomic E-state index is 14.7. The first-order valence-electron chi connectivity index (χ1n) is 18.1. The minimum atomic E-state index is -0.664. The van der Waals surface area contributed by atoms with E-state index in [4.69, 9.17) is 15.7 Å². The molecule has 6 rings (SSSR count). The van der Waals surface area contributed by atoms with Gasteiger partial charge in [0.25, 0.3) is 0 Å². The van der Waals surface area contributed by atoms with Crippen molar-refractivity contribution in [1.82, 2.24) is 9.80 Å². The van der Waals surface area contributed by atoms with Crippen LogP contribution in [-0.4, -0.2) is 80.9 Å². The lowest BCUT2D eigenvalue weighted by molar-refractivity contribution is 0.0240. The number of piperazine rings is 2. The molecule has 0 bridgehead atoms. The molecule has 4 aromatic carbocycles. The topological polar surface area (TPSA) is 125 Å². The number of nitrogens with zero attached hydrogens (tertiary/aromatic N) is 6. The number of nitrogens with two attached hydrogens (primary N) is 1. The zero-order valence-corrected chi connectivity index (χ0v) is 31.9. The Morgan fingerprint density at radius 1 is 0.709 bits per heavy atom. The molecule has 10 nitrogen and oxygen atoms in total. The number of likely N-dealkylation sites (N-methyl/N-ethyl adjacent to an activating group) is 1. The van der Waals surface area contributed by atoms with Gasteiger partial charge in [-0.3, -0.25) is 0 Å². The molecule has 13 heteroatoms. The Kier molecular flexibility index (Phi) is 15.3. The number of halogens is 3. The van der Waals surface area contributed by atoms with Gasteiger partial charge in [-0.05, 0) is 63.2 Å². The van der Waals surface area contributed by atoms with Gasteiger partial charge < -0.3 is 35.4 Å². The number of nitriles is 2. The van der Waals surface area contributed by atoms with E-state index < -0.39 is 23.1 Å². The number of rotatable bonds is 6. The molecule has 55 heavy (non-hydrogen) atoms. The van der Waals surface area contributed by atoms with Crippen molar-refractivity contribution in [1.29, 1.82) is 10.5 Å². The second-order valence-electron chi connectivity index (χ2n) is 14.1. The molecule has 0 radical (unpaired) electrons. The second kappa shape index (κ2) is 20.1. The number of hydrogen-bond donors (Lipinski definition) is 2. The van der Waals surface area contributed by atoms with Crippen LogP contribution in [0.1, 0.15) is 43.0 Å². The van der Waals surface area contributed by atoms with Crippen molar-refractivity contribution in [3.05, 3.63) is 125 Å². The lowest BCUT2D eigenvalue weighted by Gasteiger charge is -2.37. The zero-order valence-electron chi connectivity index (χ0n) is 31.9. The van der Waals surface area contributed by atoms with Crippen LogP contribution in [0.2, 0.25) is 0 Å². The van der Waals surface area contributed by atoms with E-state index in [1.165, 1.54) is 11.6 Å². The number of ether oxygens (including phenoxy) is 1. The number of amides is 1. The zero-order chi connectivity index (χ0) is 40.0. The number of hydrogen-bond acceptors (Lipinski definition) is 9. The molecule has 290 valence electrons. The van der Waals surface area contributed by atoms with E-state index in [1.54, 1.807) is 21.9 Å². The summed E-state index contributed by atoms with van der Waals surface area (Å²) in [5, 5.41) is 21.9. The fraction of sp³-hybridized carbons (Fsp3) is 0.357. The highest BCUT2D eigenvalue weighted by atomic mass is 19.1. The van der Waals surface area contributed by atoms with Crippen molar-refractivity contribution >= 4 is 23.2 Å². The van der Waals surface area contributed by atoms with Gasteiger partial charge >= 0.3 is 6.09 Å². The van der Waals surface area contributed by atoms with Gasteiger partial charge in [-0.1, -0.05) is 60.7 Å². The summed E-state index contributed by atoms with van der Waals surface area (Å²) in [6, 6.07) is 28.7. The summed E-state index contributed by atoms with van der Waals surface area (Å²) < 4.78 is 47.3. The van der Waals surface area contributed by atoms with E-state index >= 15 is 0 Å². The predicted molar refractivity (Wildman–Crippen MR) is 210 cm³/mol. The van der Waals surface area contributed by atoms with Crippen LogP contribution in [0.25, 0.3) is 0 Å². The Bertz CT molecular complexity index is 1930. The quantitative estimate of drug-likeness (QED) is 0.212. The highest BCUT2D eigenvalue weighted by Crippen LogP contribution is 2.32. The van der Waals surface area contributed by atoms with E-state index in [1.807, 2.05) is 93.4 Å². The summed E-state index contributed by atoms with van der Waals surface area (Å²) in [6.45, 7) is 11.1. The van der Waals surface area contributed by atoms with E-state index in [9.17, 15) is 23.2 Å². The van der Waals surface area contributed by atoms with Crippen molar-refractivity contribution < 1.29 is 22.7 Å². The van der Waals surface area contributed by atoms with Crippen LogP contribution in [0.3, 0.4) is 0 Å². The standard InChI is InChI=1S/C23H27FN4O2.C12H13F2N3.C7H9N/c1-23(2,3)30-22(29)28-13-11-27(12-14-28)21-18(15-25)20(10-9-19(21)24)26-16-17-7-5-4-6-8-17;1-16-4-6-17(7-5-16)12-9(8-15)10(13)2-3-11(12)14;8-6-7-4-2-1-3-5-7/h4-10,26H,11-14,16H2,1-3H3;2-3H,4-7H2,1H3;1-5H,6,8H2. The summed E-state index contributed by atoms with van der Waals surface area (Å²) in [5.74, 6) is -1.64. The molecule has 2 saturated heterocycles. The first kappa shape index (κ1) is 42.0. The van der Waals surface area contributed by atoms with Crippen LogP contribution >= 0.6 is 0 Å². The van der Waals surface area contributed by atoms with Crippen LogP contribution < -0.4 is 20.9 Å². The smallest absolute Gasteiger partial charge is 0.410 e. The van der Waals surface area contributed by atoms with E-state index in [-0.39, 0.29) is 28.6 Å². The Morgan fingerprint density at radius 2 is 1.18 bits per heavy atom. The minimum absolute atomic E-state index is 0.0978. The molecule has 0 aliphatic carbocycles. The highest BCUT2D eigenvalue weighted by Gasteiger charge is 2.29. The third-order valence-corrected chi connectivity index (χ3v) is 8.90. The number of carbonyl (C=O) groups excluding carboxylic acids is 1. The van der Waals surface area contributed by atoms with Crippen LogP contribution in [0.5, 0.6) is 0 Å². The van der Waals surface area contributed by atoms with Gasteiger partial charge in [-0.2, -0.15) is 10.5 Å². The molecule has 2 fully saturated rings. The van der Waals surface area contributed by atoms with Crippen LogP contribution in [0.4, 0.5) is 35.0 Å². The molecule has 3 N–H and O–H groups in total. The molecule has 0 atom stereocenters. The van der Waals surface area contributed by atoms with Gasteiger partial charge in [0.2, 0.25) is 0 Å². The van der Waals surface area contributed by atoms with Crippen molar-refractivity contribution in [3.8, 4) is 12.1 Å². The molecule has 4 aromatic rings. The predicted octanol–water partition coefficient (Wildman–Crippen LogP) is 7.10. The summed E-state index contributed by atoms with van der Waals surface area (Å²) in [4.78, 5) is 19.5. The van der Waals surface area contributed by atoms with Crippen molar-refractivity contribution in [3.63, 3.8) is 0 Å². The SMILES string of the molecule is CC(C)(C)OC(=O)N1CCN(c2c(F)ccc(NCc3ccccc3)c2C#N)CC1.CN1CCN(c2c(F)ccc(F)c2C#N)CC1.NCc1ccccc1. The van der Waals surface area contributed by atoms with Crippen LogP contribution in [-0.2, 0) is 17.8 Å². The Hall–Kier alpha value is -5.76. The molecule has 0 aromatic heterocycles. The Balaban J connectivity index is 0.000000223. The molecule has 0 saturated carbocycles. The van der Waals surface area contributed by atoms with E-state index in [0.29, 0.717) is 58.0 Å². The monoisotopic (exact) mass is 754 g/mol. The van der Waals surface area contributed by atoms with Gasteiger partial charge in [0, 0.05) is 65.4 Å². The van der Waals surface area contributed by atoms with Gasteiger partial charge in [0.1, 0.15) is 46.3 Å². The van der Waals surface area contributed by atoms with Gasteiger partial charge in [-0.25, -0.2) is 18.0 Å². The summed E-state index contributed by atoms with van der Waals surface area (Å²) in [5.41, 5.74) is 8.08. The Morgan fingerprint density at radius 3 is 1.67 bits per heavy atom. The summed E-state index contributed by atoms with van der Waals surface area (Å²) in [6.07, 6.45) is -0.374. The van der Waals surface area contributed by atoms with Crippen molar-refractivity contribution in [2.45, 2.75) is 39.5 Å². The number of nitrogens with one attached hydrogen (secondary N) is 1. The first-order chi connectivity index (χ1) is 26.3. The summed E-state index contributed by atoms with van der Waals surface area (Å²) >= 11 is 0. The number of anilines is 3. The molecular formula is C42H49F3N8O2. The van der Waals surface area contributed by atoms with Gasteiger partial charge in [0.05, 0.1) is 17.1 Å². The average molecular weight is 755 g/mol.